The fraction of sp³-hybridized carbons (Fsp3) is 0.250. The Hall–Kier alpha value is -1.06. The molecule has 6 heteroatoms. The van der Waals surface area contributed by atoms with Gasteiger partial charge in [-0.3, -0.25) is 0 Å². The van der Waals surface area contributed by atoms with Crippen molar-refractivity contribution < 1.29 is 15.1 Å². The number of aromatic hydroxyl groups is 1. The van der Waals surface area contributed by atoms with Crippen molar-refractivity contribution in [1.82, 2.24) is 0 Å². The summed E-state index contributed by atoms with van der Waals surface area (Å²) in [5, 5.41) is 28.8. The zero-order valence-electron chi connectivity index (χ0n) is 7.41. The second-order valence-electron chi connectivity index (χ2n) is 2.69. The Bertz CT molecular complexity index is 353. The minimum atomic E-state index is -0.650. The van der Waals surface area contributed by atoms with Gasteiger partial charge in [0.15, 0.2) is 0 Å². The molecule has 2 N–H and O–H groups in total. The summed E-state index contributed by atoms with van der Waals surface area (Å²) in [5.41, 5.74) is -0.120. The molecule has 0 aliphatic rings. The Morgan fingerprint density at radius 2 is 2.21 bits per heavy atom. The van der Waals surface area contributed by atoms with E-state index in [4.69, 9.17) is 10.2 Å². The number of nitro benzene ring substituents is 1. The van der Waals surface area contributed by atoms with Gasteiger partial charge in [-0.05, 0) is 0 Å². The monoisotopic (exact) mass is 258 g/mol. The number of phenolic OH excluding ortho intramolecular Hbond substituents is 1. The van der Waals surface area contributed by atoms with E-state index in [0.29, 0.717) is 4.35 Å². The third-order valence-electron chi connectivity index (χ3n) is 1.48. The maximum absolute atomic E-state index is 10.6. The zero-order chi connectivity index (χ0) is 10.7. The Balaban J connectivity index is 3.08. The van der Waals surface area contributed by atoms with Gasteiger partial charge in [-0.15, -0.1) is 0 Å². The van der Waals surface area contributed by atoms with Crippen LogP contribution in [-0.2, 0) is 0 Å². The number of aliphatic hydroxyl groups is 1. The average molecular weight is 258 g/mol. The molecule has 1 unspecified atom stereocenters. The van der Waals surface area contributed by atoms with Crippen LogP contribution in [-0.4, -0.2) is 35.8 Å². The molecule has 0 bridgehead atoms. The van der Waals surface area contributed by atoms with Crippen molar-refractivity contribution in [3.8, 4) is 5.75 Å². The van der Waals surface area contributed by atoms with Crippen LogP contribution in [0, 0.1) is 10.1 Å². The van der Waals surface area contributed by atoms with Crippen LogP contribution in [0.3, 0.4) is 0 Å². The van der Waals surface area contributed by atoms with Gasteiger partial charge in [0.2, 0.25) is 0 Å². The van der Waals surface area contributed by atoms with Crippen LogP contribution in [0.4, 0.5) is 5.69 Å². The summed E-state index contributed by atoms with van der Waals surface area (Å²) in [4.78, 5) is 9.49. The third kappa shape index (κ3) is 2.72. The van der Waals surface area contributed by atoms with E-state index in [0.717, 1.165) is 6.07 Å². The standard InChI is InChI=1S/C8H9AsNO4/c1-5(11)9-7-3-2-6(12)4-8(7)10(13)14/h2-5,11-12H,1H3. The molecule has 0 spiro atoms. The molecule has 0 saturated heterocycles. The fourth-order valence-corrected chi connectivity index (χ4v) is 2.73. The molecule has 0 aliphatic heterocycles. The van der Waals surface area contributed by atoms with Gasteiger partial charge >= 0.3 is 86.8 Å². The fourth-order valence-electron chi connectivity index (χ4n) is 0.969. The van der Waals surface area contributed by atoms with E-state index in [9.17, 15) is 10.1 Å². The second kappa shape index (κ2) is 4.44. The van der Waals surface area contributed by atoms with Crippen LogP contribution >= 0.6 is 0 Å². The van der Waals surface area contributed by atoms with Gasteiger partial charge in [-0.25, -0.2) is 0 Å². The number of nitro groups is 1. The van der Waals surface area contributed by atoms with Gasteiger partial charge in [0, 0.05) is 0 Å². The van der Waals surface area contributed by atoms with Crippen LogP contribution < -0.4 is 4.35 Å². The Morgan fingerprint density at radius 1 is 1.57 bits per heavy atom. The van der Waals surface area contributed by atoms with Crippen molar-refractivity contribution in [2.24, 2.45) is 0 Å². The number of hydrogen-bond donors (Lipinski definition) is 2. The number of hydrogen-bond acceptors (Lipinski definition) is 4. The van der Waals surface area contributed by atoms with Gasteiger partial charge in [0.1, 0.15) is 0 Å². The van der Waals surface area contributed by atoms with Gasteiger partial charge in [-0.2, -0.15) is 0 Å². The molecule has 0 aliphatic carbocycles. The number of rotatable bonds is 3. The van der Waals surface area contributed by atoms with Crippen molar-refractivity contribution in [3.63, 3.8) is 0 Å². The molecule has 1 radical (unpaired) electrons. The summed E-state index contributed by atoms with van der Waals surface area (Å²) in [6, 6.07) is 3.98. The summed E-state index contributed by atoms with van der Waals surface area (Å²) in [6.07, 6.45) is 0. The summed E-state index contributed by atoms with van der Waals surface area (Å²) in [6.45, 7) is 1.59. The quantitative estimate of drug-likeness (QED) is 0.453. The number of nitrogens with zero attached hydrogens (tertiary/aromatic N) is 1. The Kier molecular flexibility index (Phi) is 3.49. The topological polar surface area (TPSA) is 83.6 Å². The first-order valence-electron chi connectivity index (χ1n) is 3.87. The van der Waals surface area contributed by atoms with Gasteiger partial charge in [-0.1, -0.05) is 0 Å². The molecule has 0 heterocycles. The predicted molar refractivity (Wildman–Crippen MR) is 51.8 cm³/mol. The predicted octanol–water partition coefficient (Wildman–Crippen LogP) is -0.0318. The van der Waals surface area contributed by atoms with Crippen LogP contribution in [0.2, 0.25) is 0 Å². The molecular weight excluding hydrogens is 249 g/mol. The van der Waals surface area contributed by atoms with E-state index >= 15 is 0 Å². The summed E-state index contributed by atoms with van der Waals surface area (Å²) in [5.74, 6) is -0.132. The molecule has 1 rings (SSSR count). The normalized spacial score (nSPS) is 13.3. The van der Waals surface area contributed by atoms with Gasteiger partial charge in [0.25, 0.3) is 0 Å². The van der Waals surface area contributed by atoms with Crippen LogP contribution in [0.15, 0.2) is 18.2 Å². The minimum absolute atomic E-state index is 0.120. The van der Waals surface area contributed by atoms with E-state index in [1.807, 2.05) is 0 Å². The number of phenols is 1. The van der Waals surface area contributed by atoms with Crippen molar-refractivity contribution >= 4 is 25.8 Å². The third-order valence-corrected chi connectivity index (χ3v) is 3.64. The molecule has 0 saturated carbocycles. The molecule has 1 aromatic rings. The van der Waals surface area contributed by atoms with E-state index in [-0.39, 0.29) is 11.4 Å². The van der Waals surface area contributed by atoms with E-state index in [2.05, 4.69) is 0 Å². The number of benzene rings is 1. The Morgan fingerprint density at radius 3 is 2.71 bits per heavy atom. The van der Waals surface area contributed by atoms with Gasteiger partial charge in [0.05, 0.1) is 0 Å². The molecule has 5 nitrogen and oxygen atoms in total. The van der Waals surface area contributed by atoms with Crippen molar-refractivity contribution in [2.45, 2.75) is 11.8 Å². The van der Waals surface area contributed by atoms with E-state index in [1.54, 1.807) is 6.92 Å². The molecule has 75 valence electrons. The summed E-state index contributed by atoms with van der Waals surface area (Å²) in [7, 11) is 0. The zero-order valence-corrected chi connectivity index (χ0v) is 9.29. The molecule has 1 atom stereocenters. The van der Waals surface area contributed by atoms with Crippen molar-refractivity contribution in [3.05, 3.63) is 28.3 Å². The molecule has 0 fully saturated rings. The molecule has 14 heavy (non-hydrogen) atoms. The number of aliphatic hydroxyl groups excluding tert-OH is 1. The molecule has 1 aromatic carbocycles. The summed E-state index contributed by atoms with van der Waals surface area (Å²) >= 11 is -0.650. The van der Waals surface area contributed by atoms with Crippen LogP contribution in [0.1, 0.15) is 6.92 Å². The van der Waals surface area contributed by atoms with E-state index in [1.165, 1.54) is 12.1 Å². The van der Waals surface area contributed by atoms with Gasteiger partial charge < -0.3 is 0 Å². The van der Waals surface area contributed by atoms with Crippen molar-refractivity contribution in [2.75, 3.05) is 0 Å². The van der Waals surface area contributed by atoms with Crippen LogP contribution in [0.5, 0.6) is 5.75 Å². The SMILES string of the molecule is CC(O)[As]c1ccc(O)cc1[N+](=O)[O-]. The van der Waals surface area contributed by atoms with E-state index < -0.39 is 25.6 Å². The second-order valence-corrected chi connectivity index (χ2v) is 5.81. The van der Waals surface area contributed by atoms with Crippen LogP contribution in [0.25, 0.3) is 0 Å². The first-order chi connectivity index (χ1) is 6.50. The molecule has 0 aromatic heterocycles. The molecule has 0 amide bonds. The average Bonchev–Trinajstić information content (AvgIpc) is 2.07. The first-order valence-corrected chi connectivity index (χ1v) is 5.89. The first kappa shape index (κ1) is 11.0. The maximum atomic E-state index is 10.6. The summed E-state index contributed by atoms with van der Waals surface area (Å²) < 4.78 is 0.513. The molecular formula is C8H9AsNO4. The van der Waals surface area contributed by atoms with Crippen molar-refractivity contribution in [1.29, 1.82) is 0 Å². The Labute approximate surface area is 87.2 Å².